The van der Waals surface area contributed by atoms with Crippen molar-refractivity contribution in [2.45, 2.75) is 6.92 Å². The zero-order valence-corrected chi connectivity index (χ0v) is 9.44. The summed E-state index contributed by atoms with van der Waals surface area (Å²) in [6.07, 6.45) is 3.53. The van der Waals surface area contributed by atoms with Gasteiger partial charge in [-0.25, -0.2) is 4.98 Å². The van der Waals surface area contributed by atoms with E-state index < -0.39 is 0 Å². The molecule has 1 aromatic carbocycles. The Morgan fingerprint density at radius 3 is 2.94 bits per heavy atom. The van der Waals surface area contributed by atoms with Crippen LogP contribution in [-0.2, 0) is 0 Å². The number of hydrogen-bond donors (Lipinski definition) is 2. The highest BCUT2D eigenvalue weighted by Crippen LogP contribution is 2.23. The smallest absolute Gasteiger partial charge is 0.140 e. The Morgan fingerprint density at radius 1 is 1.29 bits per heavy atom. The molecule has 0 bridgehead atoms. The Kier molecular flexibility index (Phi) is 2.08. The lowest BCUT2D eigenvalue weighted by molar-refractivity contribution is 1.27. The molecule has 2 heterocycles. The summed E-state index contributed by atoms with van der Waals surface area (Å²) < 4.78 is 0. The van der Waals surface area contributed by atoms with Crippen LogP contribution in [0.15, 0.2) is 36.7 Å². The van der Waals surface area contributed by atoms with Crippen LogP contribution in [0.5, 0.6) is 0 Å². The number of anilines is 1. The highest BCUT2D eigenvalue weighted by molar-refractivity contribution is 5.83. The van der Waals surface area contributed by atoms with Crippen molar-refractivity contribution in [2.75, 3.05) is 5.73 Å². The Balaban J connectivity index is 2.21. The molecule has 0 saturated carbocycles. The van der Waals surface area contributed by atoms with Crippen LogP contribution in [0.3, 0.4) is 0 Å². The summed E-state index contributed by atoms with van der Waals surface area (Å²) in [6, 6.07) is 7.77. The number of fused-ring (bicyclic) bond motifs is 1. The second-order valence-corrected chi connectivity index (χ2v) is 4.05. The van der Waals surface area contributed by atoms with E-state index in [-0.39, 0.29) is 0 Å². The van der Waals surface area contributed by atoms with Gasteiger partial charge in [0.1, 0.15) is 5.82 Å². The molecule has 0 fully saturated rings. The van der Waals surface area contributed by atoms with Crippen LogP contribution < -0.4 is 5.73 Å². The van der Waals surface area contributed by atoms with Crippen molar-refractivity contribution in [1.29, 1.82) is 0 Å². The largest absolute Gasteiger partial charge is 0.398 e. The summed E-state index contributed by atoms with van der Waals surface area (Å²) >= 11 is 0. The average molecular weight is 224 g/mol. The quantitative estimate of drug-likeness (QED) is 0.624. The molecule has 0 atom stereocenters. The molecule has 3 aromatic rings. The third kappa shape index (κ3) is 1.63. The second-order valence-electron chi connectivity index (χ2n) is 4.05. The second kappa shape index (κ2) is 3.59. The van der Waals surface area contributed by atoms with Gasteiger partial charge in [0, 0.05) is 23.6 Å². The molecule has 3 rings (SSSR count). The molecule has 4 heteroatoms. The molecule has 84 valence electrons. The number of imidazole rings is 1. The highest BCUT2D eigenvalue weighted by atomic mass is 14.9. The molecular weight excluding hydrogens is 212 g/mol. The normalized spacial score (nSPS) is 10.9. The first-order valence-electron chi connectivity index (χ1n) is 5.40. The molecule has 17 heavy (non-hydrogen) atoms. The fourth-order valence-corrected chi connectivity index (χ4v) is 1.82. The summed E-state index contributed by atoms with van der Waals surface area (Å²) in [5, 5.41) is 0. The summed E-state index contributed by atoms with van der Waals surface area (Å²) in [5.41, 5.74) is 10.5. The molecule has 0 unspecified atom stereocenters. The van der Waals surface area contributed by atoms with Gasteiger partial charge in [-0.2, -0.15) is 0 Å². The number of pyridine rings is 1. The Morgan fingerprint density at radius 2 is 2.18 bits per heavy atom. The molecule has 3 N–H and O–H groups in total. The van der Waals surface area contributed by atoms with E-state index in [0.29, 0.717) is 0 Å². The fraction of sp³-hybridized carbons (Fsp3) is 0.0769. The van der Waals surface area contributed by atoms with Gasteiger partial charge in [0.2, 0.25) is 0 Å². The van der Waals surface area contributed by atoms with Crippen molar-refractivity contribution in [1.82, 2.24) is 15.0 Å². The van der Waals surface area contributed by atoms with Crippen molar-refractivity contribution >= 4 is 16.7 Å². The van der Waals surface area contributed by atoms with Crippen LogP contribution in [0.4, 0.5) is 5.69 Å². The van der Waals surface area contributed by atoms with Crippen LogP contribution in [0.25, 0.3) is 22.4 Å². The van der Waals surface area contributed by atoms with Gasteiger partial charge in [0.25, 0.3) is 0 Å². The maximum atomic E-state index is 5.87. The van der Waals surface area contributed by atoms with Crippen LogP contribution in [0.1, 0.15) is 5.56 Å². The first kappa shape index (κ1) is 9.84. The maximum absolute atomic E-state index is 5.87. The van der Waals surface area contributed by atoms with E-state index in [2.05, 4.69) is 15.0 Å². The maximum Gasteiger partial charge on any atom is 0.140 e. The molecule has 0 aliphatic heterocycles. The minimum atomic E-state index is 0.765. The average Bonchev–Trinajstić information content (AvgIpc) is 2.74. The zero-order valence-electron chi connectivity index (χ0n) is 9.44. The number of aromatic amines is 1. The topological polar surface area (TPSA) is 67.6 Å². The number of benzene rings is 1. The number of nitrogens with one attached hydrogen (secondary N) is 1. The number of aryl methyl sites for hydroxylation is 1. The number of hydrogen-bond acceptors (Lipinski definition) is 3. The van der Waals surface area contributed by atoms with E-state index in [1.807, 2.05) is 31.2 Å². The predicted octanol–water partition coefficient (Wildman–Crippen LogP) is 2.52. The molecule has 0 amide bonds. The van der Waals surface area contributed by atoms with Gasteiger partial charge in [0.15, 0.2) is 0 Å². The van der Waals surface area contributed by atoms with Crippen molar-refractivity contribution < 1.29 is 0 Å². The molecular formula is C13H12N4. The zero-order chi connectivity index (χ0) is 11.8. The number of nitrogen functional groups attached to an aromatic ring is 1. The monoisotopic (exact) mass is 224 g/mol. The van der Waals surface area contributed by atoms with E-state index in [9.17, 15) is 0 Å². The summed E-state index contributed by atoms with van der Waals surface area (Å²) in [4.78, 5) is 11.9. The first-order valence-corrected chi connectivity index (χ1v) is 5.40. The van der Waals surface area contributed by atoms with E-state index in [1.165, 1.54) is 0 Å². The SMILES string of the molecule is Cc1cc2[nH]c(-c3cccnc3)nc2cc1N. The Bertz CT molecular complexity index is 631. The van der Waals surface area contributed by atoms with Crippen LogP contribution in [0.2, 0.25) is 0 Å². The van der Waals surface area contributed by atoms with Crippen LogP contribution in [-0.4, -0.2) is 15.0 Å². The van der Waals surface area contributed by atoms with Gasteiger partial charge in [-0.05, 0) is 36.8 Å². The first-order chi connectivity index (χ1) is 8.24. The molecule has 0 radical (unpaired) electrons. The number of nitrogens with zero attached hydrogens (tertiary/aromatic N) is 2. The van der Waals surface area contributed by atoms with Crippen molar-refractivity contribution in [3.8, 4) is 11.4 Å². The predicted molar refractivity (Wildman–Crippen MR) is 68.5 cm³/mol. The Hall–Kier alpha value is -2.36. The van der Waals surface area contributed by atoms with Crippen molar-refractivity contribution in [3.05, 3.63) is 42.2 Å². The molecule has 2 aromatic heterocycles. The van der Waals surface area contributed by atoms with E-state index in [1.54, 1.807) is 12.4 Å². The van der Waals surface area contributed by atoms with Crippen LogP contribution in [0, 0.1) is 6.92 Å². The van der Waals surface area contributed by atoms with E-state index in [0.717, 1.165) is 33.7 Å². The summed E-state index contributed by atoms with van der Waals surface area (Å²) in [5.74, 6) is 0.818. The van der Waals surface area contributed by atoms with E-state index >= 15 is 0 Å². The lowest BCUT2D eigenvalue weighted by Gasteiger charge is -1.97. The van der Waals surface area contributed by atoms with Crippen molar-refractivity contribution in [3.63, 3.8) is 0 Å². The van der Waals surface area contributed by atoms with E-state index in [4.69, 9.17) is 5.73 Å². The van der Waals surface area contributed by atoms with Gasteiger partial charge in [0.05, 0.1) is 11.0 Å². The number of H-pyrrole nitrogens is 1. The summed E-state index contributed by atoms with van der Waals surface area (Å²) in [6.45, 7) is 1.99. The fourth-order valence-electron chi connectivity index (χ4n) is 1.82. The minimum absolute atomic E-state index is 0.765. The standard InChI is InChI=1S/C13H12N4/c1-8-5-11-12(6-10(8)14)17-13(16-11)9-3-2-4-15-7-9/h2-7H,14H2,1H3,(H,16,17). The molecule has 4 nitrogen and oxygen atoms in total. The van der Waals surface area contributed by atoms with Crippen LogP contribution >= 0.6 is 0 Å². The van der Waals surface area contributed by atoms with Gasteiger partial charge >= 0.3 is 0 Å². The highest BCUT2D eigenvalue weighted by Gasteiger charge is 2.06. The molecule has 0 aliphatic carbocycles. The third-order valence-electron chi connectivity index (χ3n) is 2.80. The van der Waals surface area contributed by atoms with Gasteiger partial charge in [-0.1, -0.05) is 0 Å². The molecule has 0 saturated heterocycles. The molecule has 0 aliphatic rings. The number of aromatic nitrogens is 3. The lowest BCUT2D eigenvalue weighted by atomic mass is 10.2. The lowest BCUT2D eigenvalue weighted by Crippen LogP contribution is -1.88. The number of nitrogens with two attached hydrogens (primary N) is 1. The summed E-state index contributed by atoms with van der Waals surface area (Å²) in [7, 11) is 0. The third-order valence-corrected chi connectivity index (χ3v) is 2.80. The van der Waals surface area contributed by atoms with Gasteiger partial charge < -0.3 is 10.7 Å². The number of rotatable bonds is 1. The molecule has 0 spiro atoms. The van der Waals surface area contributed by atoms with Gasteiger partial charge in [-0.3, -0.25) is 4.98 Å². The Labute approximate surface area is 98.5 Å². The van der Waals surface area contributed by atoms with Gasteiger partial charge in [-0.15, -0.1) is 0 Å². The minimum Gasteiger partial charge on any atom is -0.398 e. The van der Waals surface area contributed by atoms with Crippen molar-refractivity contribution in [2.24, 2.45) is 0 Å².